The van der Waals surface area contributed by atoms with Crippen LogP contribution in [0.2, 0.25) is 0 Å². The SMILES string of the molecule is Cc1ccc(NC(=O)NC(=O)C(C)N(C)Cc2cnn(-c3ccccc3)c2)c(C)c1. The van der Waals surface area contributed by atoms with Crippen LogP contribution in [0.1, 0.15) is 23.6 Å². The van der Waals surface area contributed by atoms with Crippen molar-refractivity contribution in [1.29, 1.82) is 0 Å². The van der Waals surface area contributed by atoms with Crippen LogP contribution in [0, 0.1) is 13.8 Å². The van der Waals surface area contributed by atoms with E-state index >= 15 is 0 Å². The molecule has 0 spiro atoms. The van der Waals surface area contributed by atoms with Gasteiger partial charge in [0, 0.05) is 24.0 Å². The predicted molar refractivity (Wildman–Crippen MR) is 118 cm³/mol. The Morgan fingerprint density at radius 1 is 1.13 bits per heavy atom. The van der Waals surface area contributed by atoms with Gasteiger partial charge in [0.2, 0.25) is 5.91 Å². The molecule has 1 heterocycles. The summed E-state index contributed by atoms with van der Waals surface area (Å²) in [4.78, 5) is 26.6. The minimum Gasteiger partial charge on any atom is -0.307 e. The number of likely N-dealkylation sites (N-methyl/N-ethyl adjacent to an activating group) is 1. The molecule has 0 saturated heterocycles. The highest BCUT2D eigenvalue weighted by Gasteiger charge is 2.21. The molecule has 0 fully saturated rings. The minimum atomic E-state index is -0.538. The van der Waals surface area contributed by atoms with Crippen molar-refractivity contribution in [3.63, 3.8) is 0 Å². The third kappa shape index (κ3) is 5.33. The van der Waals surface area contributed by atoms with Crippen LogP contribution in [0.4, 0.5) is 10.5 Å². The average Bonchev–Trinajstić information content (AvgIpc) is 3.18. The zero-order chi connectivity index (χ0) is 21.7. The summed E-state index contributed by atoms with van der Waals surface area (Å²) >= 11 is 0. The van der Waals surface area contributed by atoms with Gasteiger partial charge in [0.1, 0.15) is 0 Å². The highest BCUT2D eigenvalue weighted by molar-refractivity contribution is 6.03. The van der Waals surface area contributed by atoms with E-state index in [1.807, 2.05) is 80.5 Å². The Hall–Kier alpha value is -3.45. The van der Waals surface area contributed by atoms with E-state index in [-0.39, 0.29) is 5.91 Å². The number of nitrogens with one attached hydrogen (secondary N) is 2. The molecular weight excluding hydrogens is 378 g/mol. The second-order valence-electron chi connectivity index (χ2n) is 7.48. The largest absolute Gasteiger partial charge is 0.325 e. The molecule has 0 saturated carbocycles. The number of nitrogens with zero attached hydrogens (tertiary/aromatic N) is 3. The molecule has 0 aliphatic rings. The van der Waals surface area contributed by atoms with E-state index in [0.717, 1.165) is 22.4 Å². The highest BCUT2D eigenvalue weighted by Crippen LogP contribution is 2.16. The number of anilines is 1. The van der Waals surface area contributed by atoms with Crippen molar-refractivity contribution in [2.45, 2.75) is 33.4 Å². The van der Waals surface area contributed by atoms with E-state index in [9.17, 15) is 9.59 Å². The number of hydrogen-bond donors (Lipinski definition) is 2. The normalized spacial score (nSPS) is 11.9. The van der Waals surface area contributed by atoms with Gasteiger partial charge in [-0.1, -0.05) is 35.9 Å². The van der Waals surface area contributed by atoms with E-state index in [1.165, 1.54) is 0 Å². The van der Waals surface area contributed by atoms with E-state index in [2.05, 4.69) is 15.7 Å². The van der Waals surface area contributed by atoms with Crippen molar-refractivity contribution in [1.82, 2.24) is 20.0 Å². The number of hydrogen-bond acceptors (Lipinski definition) is 4. The number of aryl methyl sites for hydroxylation is 2. The molecule has 7 nitrogen and oxygen atoms in total. The van der Waals surface area contributed by atoms with Gasteiger partial charge in [0.05, 0.1) is 17.9 Å². The standard InChI is InChI=1S/C23H27N5O2/c1-16-10-11-21(17(2)12-16)25-23(30)26-22(29)18(3)27(4)14-19-13-24-28(15-19)20-8-6-5-7-9-20/h5-13,15,18H,14H2,1-4H3,(H2,25,26,29,30). The predicted octanol–water partition coefficient (Wildman–Crippen LogP) is 3.66. The molecule has 2 aromatic carbocycles. The highest BCUT2D eigenvalue weighted by atomic mass is 16.2. The number of urea groups is 1. The Labute approximate surface area is 176 Å². The fraction of sp³-hybridized carbons (Fsp3) is 0.261. The van der Waals surface area contributed by atoms with Crippen LogP contribution in [-0.4, -0.2) is 39.7 Å². The van der Waals surface area contributed by atoms with Crippen LogP contribution >= 0.6 is 0 Å². The lowest BCUT2D eigenvalue weighted by molar-refractivity contribution is -0.124. The molecule has 1 unspecified atom stereocenters. The lowest BCUT2D eigenvalue weighted by Gasteiger charge is -2.23. The van der Waals surface area contributed by atoms with E-state index < -0.39 is 12.1 Å². The Kier molecular flexibility index (Phi) is 6.64. The van der Waals surface area contributed by atoms with Crippen LogP contribution in [0.25, 0.3) is 5.69 Å². The molecule has 0 radical (unpaired) electrons. The van der Waals surface area contributed by atoms with Gasteiger partial charge in [0.15, 0.2) is 0 Å². The van der Waals surface area contributed by atoms with Crippen LogP contribution in [0.5, 0.6) is 0 Å². The first-order chi connectivity index (χ1) is 14.3. The van der Waals surface area contributed by atoms with E-state index in [1.54, 1.807) is 17.8 Å². The molecular formula is C23H27N5O2. The molecule has 1 aromatic heterocycles. The Bertz CT molecular complexity index is 1030. The van der Waals surface area contributed by atoms with E-state index in [4.69, 9.17) is 0 Å². The lowest BCUT2D eigenvalue weighted by Crippen LogP contribution is -2.46. The number of amides is 3. The molecule has 0 bridgehead atoms. The monoisotopic (exact) mass is 405 g/mol. The Balaban J connectivity index is 1.55. The van der Waals surface area contributed by atoms with Gasteiger partial charge in [-0.3, -0.25) is 15.0 Å². The summed E-state index contributed by atoms with van der Waals surface area (Å²) in [5, 5.41) is 9.53. The maximum Gasteiger partial charge on any atom is 0.325 e. The van der Waals surface area contributed by atoms with Crippen LogP contribution in [0.3, 0.4) is 0 Å². The van der Waals surface area contributed by atoms with Crippen molar-refractivity contribution < 1.29 is 9.59 Å². The maximum atomic E-state index is 12.5. The van der Waals surface area contributed by atoms with Crippen LogP contribution in [-0.2, 0) is 11.3 Å². The summed E-state index contributed by atoms with van der Waals surface area (Å²) in [7, 11) is 1.84. The molecule has 3 amide bonds. The Morgan fingerprint density at radius 2 is 1.87 bits per heavy atom. The lowest BCUT2D eigenvalue weighted by atomic mass is 10.1. The van der Waals surface area contributed by atoms with Crippen LogP contribution in [0.15, 0.2) is 60.9 Å². The number of benzene rings is 2. The third-order valence-corrected chi connectivity index (χ3v) is 5.00. The molecule has 3 rings (SSSR count). The van der Waals surface area contributed by atoms with Gasteiger partial charge in [-0.2, -0.15) is 5.10 Å². The van der Waals surface area contributed by atoms with E-state index in [0.29, 0.717) is 12.2 Å². The summed E-state index contributed by atoms with van der Waals surface area (Å²) in [5.74, 6) is -0.366. The smallest absolute Gasteiger partial charge is 0.307 e. The summed E-state index contributed by atoms with van der Waals surface area (Å²) in [6.45, 7) is 6.19. The average molecular weight is 406 g/mol. The van der Waals surface area contributed by atoms with Gasteiger partial charge in [-0.25, -0.2) is 9.48 Å². The molecule has 156 valence electrons. The molecule has 1 atom stereocenters. The van der Waals surface area contributed by atoms with Gasteiger partial charge in [-0.15, -0.1) is 0 Å². The topological polar surface area (TPSA) is 79.3 Å². The third-order valence-electron chi connectivity index (χ3n) is 5.00. The second kappa shape index (κ2) is 9.37. The summed E-state index contributed by atoms with van der Waals surface area (Å²) in [5.41, 5.74) is 4.68. The zero-order valence-electron chi connectivity index (χ0n) is 17.7. The molecule has 30 heavy (non-hydrogen) atoms. The van der Waals surface area contributed by atoms with Crippen LogP contribution < -0.4 is 10.6 Å². The molecule has 3 aromatic rings. The molecule has 0 aliphatic heterocycles. The van der Waals surface area contributed by atoms with Gasteiger partial charge in [-0.05, 0) is 51.6 Å². The molecule has 2 N–H and O–H groups in total. The fourth-order valence-electron chi connectivity index (χ4n) is 3.11. The number of imide groups is 1. The second-order valence-corrected chi connectivity index (χ2v) is 7.48. The first-order valence-electron chi connectivity index (χ1n) is 9.82. The maximum absolute atomic E-state index is 12.5. The van der Waals surface area contributed by atoms with Crippen molar-refractivity contribution in [2.75, 3.05) is 12.4 Å². The summed E-state index contributed by atoms with van der Waals surface area (Å²) in [6.07, 6.45) is 3.71. The zero-order valence-corrected chi connectivity index (χ0v) is 17.7. The number of carbonyl (C=O) groups is 2. The van der Waals surface area contributed by atoms with Gasteiger partial charge < -0.3 is 5.32 Å². The number of para-hydroxylation sites is 1. The van der Waals surface area contributed by atoms with Crippen molar-refractivity contribution >= 4 is 17.6 Å². The van der Waals surface area contributed by atoms with Crippen molar-refractivity contribution in [2.24, 2.45) is 0 Å². The first kappa shape index (κ1) is 21.3. The number of carbonyl (C=O) groups excluding carboxylic acids is 2. The number of aromatic nitrogens is 2. The quantitative estimate of drug-likeness (QED) is 0.656. The summed E-state index contributed by atoms with van der Waals surface area (Å²) in [6, 6.07) is 14.5. The van der Waals surface area contributed by atoms with Gasteiger partial charge in [0.25, 0.3) is 0 Å². The van der Waals surface area contributed by atoms with Gasteiger partial charge >= 0.3 is 6.03 Å². The molecule has 7 heteroatoms. The molecule has 0 aliphatic carbocycles. The summed E-state index contributed by atoms with van der Waals surface area (Å²) < 4.78 is 1.80. The first-order valence-corrected chi connectivity index (χ1v) is 9.82. The number of rotatable bonds is 6. The van der Waals surface area contributed by atoms with Crippen molar-refractivity contribution in [3.8, 4) is 5.69 Å². The fourth-order valence-corrected chi connectivity index (χ4v) is 3.11. The minimum absolute atomic E-state index is 0.366. The Morgan fingerprint density at radius 3 is 2.57 bits per heavy atom. The van der Waals surface area contributed by atoms with Crippen molar-refractivity contribution in [3.05, 3.63) is 77.6 Å².